The van der Waals surface area contributed by atoms with Crippen LogP contribution in [0.4, 0.5) is 10.1 Å². The molecule has 8 heteroatoms. The minimum absolute atomic E-state index is 0.0224. The Bertz CT molecular complexity index is 1310. The topological polar surface area (TPSA) is 60.3 Å². The van der Waals surface area contributed by atoms with E-state index in [1.54, 1.807) is 18.2 Å². The zero-order chi connectivity index (χ0) is 23.5. The number of halogens is 1. The number of thioether (sulfide) groups is 1. The predicted octanol–water partition coefficient (Wildman–Crippen LogP) is 5.06. The summed E-state index contributed by atoms with van der Waals surface area (Å²) in [5, 5.41) is 9.18. The number of amides is 1. The van der Waals surface area contributed by atoms with Crippen molar-refractivity contribution in [2.45, 2.75) is 31.1 Å². The first-order valence-electron chi connectivity index (χ1n) is 11.0. The maximum atomic E-state index is 14.0. The van der Waals surface area contributed by atoms with Gasteiger partial charge in [-0.1, -0.05) is 60.3 Å². The third kappa shape index (κ3) is 4.41. The van der Waals surface area contributed by atoms with Crippen molar-refractivity contribution < 1.29 is 13.9 Å². The molecule has 0 radical (unpaired) electrons. The molecule has 0 saturated heterocycles. The van der Waals surface area contributed by atoms with E-state index in [9.17, 15) is 9.18 Å². The highest BCUT2D eigenvalue weighted by atomic mass is 32.2. The minimum Gasteiger partial charge on any atom is -0.483 e. The SMILES string of the molecule is CC1Cc2ccccc2N1C(=O)CSc1nnc(COc2ccccc2F)n1-c1ccccc1. The molecule has 6 nitrogen and oxygen atoms in total. The maximum Gasteiger partial charge on any atom is 0.237 e. The number of carbonyl (C=O) groups excluding carboxylic acids is 1. The number of rotatable bonds is 7. The normalized spacial score (nSPS) is 14.8. The Morgan fingerprint density at radius 3 is 2.59 bits per heavy atom. The summed E-state index contributed by atoms with van der Waals surface area (Å²) in [4.78, 5) is 15.0. The monoisotopic (exact) mass is 474 g/mol. The van der Waals surface area contributed by atoms with E-state index >= 15 is 0 Å². The number of anilines is 1. The third-order valence-electron chi connectivity index (χ3n) is 5.71. The fraction of sp³-hybridized carbons (Fsp3) is 0.192. The molecule has 1 aliphatic heterocycles. The van der Waals surface area contributed by atoms with E-state index < -0.39 is 5.82 Å². The molecular formula is C26H23FN4O2S. The van der Waals surface area contributed by atoms with Crippen LogP contribution < -0.4 is 9.64 Å². The lowest BCUT2D eigenvalue weighted by atomic mass is 10.1. The van der Waals surface area contributed by atoms with Crippen molar-refractivity contribution in [2.75, 3.05) is 10.7 Å². The van der Waals surface area contributed by atoms with Gasteiger partial charge in [-0.05, 0) is 49.2 Å². The molecule has 0 saturated carbocycles. The van der Waals surface area contributed by atoms with Gasteiger partial charge in [0.25, 0.3) is 0 Å². The van der Waals surface area contributed by atoms with Gasteiger partial charge in [0.2, 0.25) is 5.91 Å². The van der Waals surface area contributed by atoms with Crippen molar-refractivity contribution >= 4 is 23.4 Å². The number of benzene rings is 3. The second kappa shape index (κ2) is 9.69. The van der Waals surface area contributed by atoms with Gasteiger partial charge >= 0.3 is 0 Å². The smallest absolute Gasteiger partial charge is 0.237 e. The number of fused-ring (bicyclic) bond motifs is 1. The van der Waals surface area contributed by atoms with Crippen LogP contribution in [0.2, 0.25) is 0 Å². The van der Waals surface area contributed by atoms with E-state index in [0.29, 0.717) is 11.0 Å². The molecule has 34 heavy (non-hydrogen) atoms. The molecule has 172 valence electrons. The highest BCUT2D eigenvalue weighted by molar-refractivity contribution is 7.99. The second-order valence-electron chi connectivity index (χ2n) is 8.02. The summed E-state index contributed by atoms with van der Waals surface area (Å²) in [5.41, 5.74) is 3.01. The molecule has 1 amide bonds. The van der Waals surface area contributed by atoms with Gasteiger partial charge in [-0.25, -0.2) is 4.39 Å². The third-order valence-corrected chi connectivity index (χ3v) is 6.62. The Morgan fingerprint density at radius 1 is 1.03 bits per heavy atom. The van der Waals surface area contributed by atoms with Crippen LogP contribution in [-0.4, -0.2) is 32.5 Å². The quantitative estimate of drug-likeness (QED) is 0.351. The number of carbonyl (C=O) groups is 1. The highest BCUT2D eigenvalue weighted by Gasteiger charge is 2.30. The number of nitrogens with zero attached hydrogens (tertiary/aromatic N) is 4. The van der Waals surface area contributed by atoms with Gasteiger partial charge in [-0.3, -0.25) is 9.36 Å². The Balaban J connectivity index is 1.36. The molecule has 5 rings (SSSR count). The van der Waals surface area contributed by atoms with Gasteiger partial charge in [-0.15, -0.1) is 10.2 Å². The molecule has 0 spiro atoms. The van der Waals surface area contributed by atoms with Crippen molar-refractivity contribution in [1.82, 2.24) is 14.8 Å². The van der Waals surface area contributed by atoms with Crippen molar-refractivity contribution in [3.05, 3.63) is 96.1 Å². The highest BCUT2D eigenvalue weighted by Crippen LogP contribution is 2.33. The molecule has 0 bridgehead atoms. The summed E-state index contributed by atoms with van der Waals surface area (Å²) >= 11 is 1.33. The lowest BCUT2D eigenvalue weighted by Crippen LogP contribution is -2.37. The summed E-state index contributed by atoms with van der Waals surface area (Å²) in [6.45, 7) is 2.10. The molecule has 0 N–H and O–H groups in total. The zero-order valence-electron chi connectivity index (χ0n) is 18.6. The molecule has 0 aliphatic carbocycles. The van der Waals surface area contributed by atoms with Crippen molar-refractivity contribution in [3.8, 4) is 11.4 Å². The summed E-state index contributed by atoms with van der Waals surface area (Å²) in [5.74, 6) is 0.473. The molecule has 1 aliphatic rings. The predicted molar refractivity (Wildman–Crippen MR) is 130 cm³/mol. The summed E-state index contributed by atoms with van der Waals surface area (Å²) < 4.78 is 21.5. The molecule has 3 aromatic carbocycles. The Labute approximate surface area is 201 Å². The van der Waals surface area contributed by atoms with Gasteiger partial charge in [-0.2, -0.15) is 0 Å². The molecule has 4 aromatic rings. The largest absolute Gasteiger partial charge is 0.483 e. The first kappa shape index (κ1) is 22.2. The molecule has 0 fully saturated rings. The average molecular weight is 475 g/mol. The zero-order valence-corrected chi connectivity index (χ0v) is 19.4. The van der Waals surface area contributed by atoms with E-state index in [0.717, 1.165) is 17.8 Å². The molecule has 1 atom stereocenters. The summed E-state index contributed by atoms with van der Waals surface area (Å²) in [6.07, 6.45) is 0.851. The van der Waals surface area contributed by atoms with Crippen LogP contribution in [0, 0.1) is 5.82 Å². The van der Waals surface area contributed by atoms with Crippen molar-refractivity contribution in [3.63, 3.8) is 0 Å². The lowest BCUT2D eigenvalue weighted by Gasteiger charge is -2.22. The van der Waals surface area contributed by atoms with Crippen LogP contribution in [-0.2, 0) is 17.8 Å². The second-order valence-corrected chi connectivity index (χ2v) is 8.97. The number of hydrogen-bond acceptors (Lipinski definition) is 5. The first-order chi connectivity index (χ1) is 16.6. The fourth-order valence-electron chi connectivity index (χ4n) is 4.17. The van der Waals surface area contributed by atoms with Crippen molar-refractivity contribution in [1.29, 1.82) is 0 Å². The lowest BCUT2D eigenvalue weighted by molar-refractivity contribution is -0.116. The van der Waals surface area contributed by atoms with E-state index in [4.69, 9.17) is 4.74 Å². The van der Waals surface area contributed by atoms with Gasteiger partial charge in [0.15, 0.2) is 22.5 Å². The van der Waals surface area contributed by atoms with E-state index in [-0.39, 0.29) is 30.1 Å². The van der Waals surface area contributed by atoms with Crippen LogP contribution in [0.1, 0.15) is 18.3 Å². The van der Waals surface area contributed by atoms with E-state index in [1.165, 1.54) is 23.4 Å². The van der Waals surface area contributed by atoms with Gasteiger partial charge in [0, 0.05) is 17.4 Å². The van der Waals surface area contributed by atoms with Crippen molar-refractivity contribution in [2.24, 2.45) is 0 Å². The Kier molecular flexibility index (Phi) is 6.31. The van der Waals surface area contributed by atoms with Gasteiger partial charge in [0.1, 0.15) is 6.61 Å². The summed E-state index contributed by atoms with van der Waals surface area (Å²) in [6, 6.07) is 24.0. The van der Waals surface area contributed by atoms with Crippen LogP contribution in [0.5, 0.6) is 5.75 Å². The molecule has 1 unspecified atom stereocenters. The molecule has 1 aromatic heterocycles. The number of ether oxygens (including phenoxy) is 1. The number of para-hydroxylation sites is 3. The molecular weight excluding hydrogens is 451 g/mol. The minimum atomic E-state index is -0.437. The van der Waals surface area contributed by atoms with Crippen LogP contribution in [0.15, 0.2) is 84.0 Å². The van der Waals surface area contributed by atoms with Crippen LogP contribution in [0.3, 0.4) is 0 Å². The van der Waals surface area contributed by atoms with Gasteiger partial charge < -0.3 is 9.64 Å². The standard InChI is InChI=1S/C26H23FN4O2S/c1-18-15-19-9-5-7-13-22(19)30(18)25(32)17-34-26-29-28-24(31(26)20-10-3-2-4-11-20)16-33-23-14-8-6-12-21(23)27/h2-14,18H,15-17H2,1H3. The van der Waals surface area contributed by atoms with Crippen LogP contribution in [0.25, 0.3) is 5.69 Å². The fourth-order valence-corrected chi connectivity index (χ4v) is 5.00. The summed E-state index contributed by atoms with van der Waals surface area (Å²) in [7, 11) is 0. The average Bonchev–Trinajstić information content (AvgIpc) is 3.42. The van der Waals surface area contributed by atoms with Crippen LogP contribution >= 0.6 is 11.8 Å². The number of hydrogen-bond donors (Lipinski definition) is 0. The Morgan fingerprint density at radius 2 is 1.76 bits per heavy atom. The van der Waals surface area contributed by atoms with Gasteiger partial charge in [0.05, 0.1) is 5.75 Å². The Hall–Kier alpha value is -3.65. The number of aromatic nitrogens is 3. The maximum absolute atomic E-state index is 14.0. The molecule has 2 heterocycles. The first-order valence-corrected chi connectivity index (χ1v) is 12.0. The van der Waals surface area contributed by atoms with E-state index in [1.807, 2.05) is 58.0 Å². The van der Waals surface area contributed by atoms with E-state index in [2.05, 4.69) is 23.2 Å².